The number of rotatable bonds is 9. The minimum absolute atomic E-state index is 0.0936. The summed E-state index contributed by atoms with van der Waals surface area (Å²) in [5.41, 5.74) is 3.58. The maximum absolute atomic E-state index is 13.4. The van der Waals surface area contributed by atoms with Gasteiger partial charge in [0.25, 0.3) is 0 Å². The molecule has 4 aliphatic carbocycles. The third-order valence-electron chi connectivity index (χ3n) is 9.77. The van der Waals surface area contributed by atoms with Gasteiger partial charge in [0, 0.05) is 48.3 Å². The first kappa shape index (κ1) is 30.8. The van der Waals surface area contributed by atoms with Crippen LogP contribution in [0, 0.1) is 29.1 Å². The van der Waals surface area contributed by atoms with E-state index in [-0.39, 0.29) is 31.4 Å². The topological polar surface area (TPSA) is 173 Å². The predicted octanol–water partition coefficient (Wildman–Crippen LogP) is 2.48. The summed E-state index contributed by atoms with van der Waals surface area (Å²) in [4.78, 5) is 54.0. The van der Waals surface area contributed by atoms with E-state index < -0.39 is 75.7 Å². The van der Waals surface area contributed by atoms with Crippen LogP contribution < -0.4 is 0 Å². The number of ketones is 1. The largest absolute Gasteiger partial charge is 0.461 e. The highest BCUT2D eigenvalue weighted by atomic mass is 16.6. The zero-order chi connectivity index (χ0) is 30.5. The lowest BCUT2D eigenvalue weighted by Gasteiger charge is -2.53. The molecule has 41 heavy (non-hydrogen) atoms. The molecule has 11 heteroatoms. The lowest BCUT2D eigenvalue weighted by Crippen LogP contribution is -2.66. The number of hydrogen-bond acceptors (Lipinski definition) is 9. The first-order valence-corrected chi connectivity index (χ1v) is 14.3. The summed E-state index contributed by atoms with van der Waals surface area (Å²) in [5, 5.41) is 24.7. The summed E-state index contributed by atoms with van der Waals surface area (Å²) in [6.45, 7) is 10.4. The van der Waals surface area contributed by atoms with Gasteiger partial charge in [0.05, 0.1) is 5.60 Å². The van der Waals surface area contributed by atoms with Gasteiger partial charge in [-0.25, -0.2) is 4.79 Å². The number of carbonyl (C=O) groups excluding carboxylic acids is 4. The Morgan fingerprint density at radius 1 is 1.12 bits per heavy atom. The Morgan fingerprint density at radius 2 is 1.76 bits per heavy atom. The molecule has 0 radical (unpaired) electrons. The van der Waals surface area contributed by atoms with Gasteiger partial charge in [0.15, 0.2) is 11.4 Å². The Balaban J connectivity index is 1.90. The molecule has 0 spiro atoms. The second-order valence-electron chi connectivity index (χ2n) is 12.5. The van der Waals surface area contributed by atoms with Crippen LogP contribution in [0.5, 0.6) is 0 Å². The van der Waals surface area contributed by atoms with Gasteiger partial charge in [-0.3, -0.25) is 14.4 Å². The van der Waals surface area contributed by atoms with Crippen LogP contribution in [0.15, 0.2) is 23.3 Å². The number of carbonyl (C=O) groups is 4. The zero-order valence-electron chi connectivity index (χ0n) is 24.5. The fraction of sp³-hybridized carbons (Fsp3) is 0.700. The first-order chi connectivity index (χ1) is 19.2. The smallest absolute Gasteiger partial charge is 0.414 e. The molecule has 0 aromatic heterocycles. The molecule has 4 aliphatic rings. The van der Waals surface area contributed by atoms with E-state index in [1.165, 1.54) is 0 Å². The molecule has 0 unspecified atom stereocenters. The van der Waals surface area contributed by atoms with Crippen LogP contribution in [-0.4, -0.2) is 74.4 Å². The van der Waals surface area contributed by atoms with Gasteiger partial charge in [0.1, 0.15) is 18.3 Å². The highest BCUT2D eigenvalue weighted by Crippen LogP contribution is 2.77. The molecule has 0 saturated heterocycles. The van der Waals surface area contributed by atoms with Crippen molar-refractivity contribution >= 4 is 29.9 Å². The summed E-state index contributed by atoms with van der Waals surface area (Å²) in [6.07, 6.45) is 3.98. The van der Waals surface area contributed by atoms with Gasteiger partial charge in [0.2, 0.25) is 0 Å². The molecule has 0 aliphatic heterocycles. The lowest BCUT2D eigenvalue weighted by atomic mass is 9.59. The number of hydrogen-bond donors (Lipinski definition) is 2. The lowest BCUT2D eigenvalue weighted by molar-refractivity contribution is -0.227. The Bertz CT molecular complexity index is 1260. The average molecular weight is 573 g/mol. The highest BCUT2D eigenvalue weighted by molar-refractivity contribution is 6.20. The Hall–Kier alpha value is -3.14. The van der Waals surface area contributed by atoms with E-state index in [4.69, 9.17) is 19.7 Å². The quantitative estimate of drug-likeness (QED) is 0.105. The highest BCUT2D eigenvalue weighted by Gasteiger charge is 2.88. The average Bonchev–Trinajstić information content (AvgIpc) is 3.31. The van der Waals surface area contributed by atoms with Crippen LogP contribution in [0.25, 0.3) is 5.53 Å². The molecular weight excluding hydrogens is 532 g/mol. The Morgan fingerprint density at radius 3 is 2.37 bits per heavy atom. The number of fused-ring (bicyclic) bond motifs is 5. The first-order valence-electron chi connectivity index (χ1n) is 14.3. The van der Waals surface area contributed by atoms with Crippen molar-refractivity contribution in [2.24, 2.45) is 29.1 Å². The fourth-order valence-electron chi connectivity index (χ4n) is 7.91. The number of nitrogens with zero attached hydrogens (tertiary/aromatic N) is 2. The molecule has 4 rings (SSSR count). The molecule has 2 saturated carbocycles. The van der Waals surface area contributed by atoms with Crippen molar-refractivity contribution in [2.75, 3.05) is 6.61 Å². The van der Waals surface area contributed by atoms with Crippen molar-refractivity contribution in [3.63, 3.8) is 0 Å². The molecule has 0 bridgehead atoms. The van der Waals surface area contributed by atoms with Gasteiger partial charge in [-0.1, -0.05) is 46.8 Å². The van der Waals surface area contributed by atoms with Crippen molar-refractivity contribution in [1.82, 2.24) is 0 Å². The summed E-state index contributed by atoms with van der Waals surface area (Å²) < 4.78 is 17.4. The summed E-state index contributed by atoms with van der Waals surface area (Å²) in [6, 6.07) is 0. The number of Topliss-reactive ketones (excluding diaryl/α,β-unsaturated/α-hetero) is 1. The molecule has 11 nitrogen and oxygen atoms in total. The summed E-state index contributed by atoms with van der Waals surface area (Å²) >= 11 is 0. The van der Waals surface area contributed by atoms with Crippen LogP contribution in [0.4, 0.5) is 0 Å². The van der Waals surface area contributed by atoms with Crippen molar-refractivity contribution in [2.45, 2.75) is 96.6 Å². The molecule has 224 valence electrons. The number of aliphatic hydroxyl groups is 2. The molecule has 8 atom stereocenters. The minimum atomic E-state index is -2.03. The zero-order valence-corrected chi connectivity index (χ0v) is 24.5. The van der Waals surface area contributed by atoms with Crippen LogP contribution in [0.2, 0.25) is 0 Å². The molecular formula is C30H40N2O9. The van der Waals surface area contributed by atoms with E-state index in [0.29, 0.717) is 24.6 Å². The van der Waals surface area contributed by atoms with E-state index >= 15 is 0 Å². The molecule has 0 aromatic rings. The van der Waals surface area contributed by atoms with Crippen molar-refractivity contribution in [1.29, 1.82) is 0 Å². The fourth-order valence-corrected chi connectivity index (χ4v) is 7.91. The summed E-state index contributed by atoms with van der Waals surface area (Å²) in [5.74, 6) is -5.92. The standard InChI is InChI=1S/C30H40N2O9/c1-7-9-21(33)39-15-18-12-19-24-27(5,6)30(24,41-23(35)14-32-31)26(40-22(34)10-8-2)17(4)29(19,38)20-11-16(3)25(36)28(20,37)13-18/h11-12,14,17,19-20,24,26,37-38H,7-10,13,15H2,1-6H3/t17-,19+,20-,24-,26-,28-,29-,30-/m1/s1. The van der Waals surface area contributed by atoms with Crippen LogP contribution in [-0.2, 0) is 33.4 Å². The minimum Gasteiger partial charge on any atom is -0.461 e. The van der Waals surface area contributed by atoms with Crippen molar-refractivity contribution in [3.05, 3.63) is 28.8 Å². The van der Waals surface area contributed by atoms with Gasteiger partial charge < -0.3 is 30.0 Å². The van der Waals surface area contributed by atoms with Crippen molar-refractivity contribution in [3.8, 4) is 0 Å². The van der Waals surface area contributed by atoms with E-state index in [1.807, 2.05) is 27.7 Å². The third kappa shape index (κ3) is 4.49. The van der Waals surface area contributed by atoms with Crippen LogP contribution >= 0.6 is 0 Å². The second kappa shape index (κ2) is 10.6. The molecule has 0 heterocycles. The summed E-state index contributed by atoms with van der Waals surface area (Å²) in [7, 11) is 0. The van der Waals surface area contributed by atoms with Gasteiger partial charge in [-0.2, -0.15) is 4.79 Å². The Labute approximate surface area is 239 Å². The molecule has 2 N–H and O–H groups in total. The normalized spacial score (nSPS) is 38.0. The van der Waals surface area contributed by atoms with E-state index in [2.05, 4.69) is 4.79 Å². The molecule has 0 aromatic carbocycles. The van der Waals surface area contributed by atoms with E-state index in [0.717, 1.165) is 0 Å². The van der Waals surface area contributed by atoms with Gasteiger partial charge >= 0.3 is 24.1 Å². The van der Waals surface area contributed by atoms with E-state index in [1.54, 1.807) is 26.0 Å². The van der Waals surface area contributed by atoms with Crippen molar-refractivity contribution < 1.29 is 48.4 Å². The maximum atomic E-state index is 13.4. The number of ether oxygens (including phenoxy) is 3. The molecule has 2 fully saturated rings. The predicted molar refractivity (Wildman–Crippen MR) is 144 cm³/mol. The Kier molecular flexibility index (Phi) is 7.97. The van der Waals surface area contributed by atoms with Crippen LogP contribution in [0.1, 0.15) is 73.6 Å². The molecule has 0 amide bonds. The van der Waals surface area contributed by atoms with Gasteiger partial charge in [-0.15, -0.1) is 0 Å². The third-order valence-corrected chi connectivity index (χ3v) is 9.77. The van der Waals surface area contributed by atoms with Gasteiger partial charge in [-0.05, 0) is 30.9 Å². The SMILES string of the molecule is CCCC(=O)OCC1=C[C@H]2[C@@H]3C(C)(C)[C@]3(OC(=O)C=[N+]=[N-])[C@H](OC(=O)CCC)[C@@H](C)[C@]2(O)[C@@H]2C=C(C)C(=O)[C@@]2(O)C1. The van der Waals surface area contributed by atoms with Crippen LogP contribution in [0.3, 0.4) is 0 Å². The van der Waals surface area contributed by atoms with E-state index in [9.17, 15) is 29.4 Å². The second-order valence-corrected chi connectivity index (χ2v) is 12.5. The maximum Gasteiger partial charge on any atom is 0.414 e. The monoisotopic (exact) mass is 572 g/mol. The number of esters is 3.